The van der Waals surface area contributed by atoms with Crippen LogP contribution in [-0.2, 0) is 4.74 Å². The summed E-state index contributed by atoms with van der Waals surface area (Å²) in [4.78, 5) is 27.9. The molecule has 1 amide bonds. The van der Waals surface area contributed by atoms with E-state index in [9.17, 15) is 9.59 Å². The molecule has 2 N–H and O–H groups in total. The number of pyridine rings is 1. The fourth-order valence-electron chi connectivity index (χ4n) is 1.88. The molecule has 2 aromatic rings. The minimum absolute atomic E-state index is 0.221. The fourth-order valence-corrected chi connectivity index (χ4v) is 2.04. The van der Waals surface area contributed by atoms with Crippen molar-refractivity contribution in [3.05, 3.63) is 65.5 Å². The van der Waals surface area contributed by atoms with Crippen molar-refractivity contribution < 1.29 is 14.3 Å². The first-order valence-electron chi connectivity index (χ1n) is 7.05. The molecule has 1 aromatic heterocycles. The van der Waals surface area contributed by atoms with Gasteiger partial charge < -0.3 is 15.4 Å². The Balaban J connectivity index is 2.14. The molecule has 0 aliphatic rings. The van der Waals surface area contributed by atoms with Crippen LogP contribution in [0.25, 0.3) is 0 Å². The zero-order valence-corrected chi connectivity index (χ0v) is 13.8. The number of hydrogen-bond acceptors (Lipinski definition) is 5. The number of aromatic nitrogens is 1. The van der Waals surface area contributed by atoms with E-state index in [0.29, 0.717) is 17.3 Å². The maximum absolute atomic E-state index is 12.3. The Morgan fingerprint density at radius 2 is 2.12 bits per heavy atom. The van der Waals surface area contributed by atoms with Crippen LogP contribution in [-0.4, -0.2) is 30.5 Å². The number of nitrogens with zero attached hydrogens (tertiary/aromatic N) is 1. The Morgan fingerprint density at radius 3 is 2.75 bits per heavy atom. The van der Waals surface area contributed by atoms with Gasteiger partial charge in [-0.2, -0.15) is 0 Å². The fraction of sp³-hybridized carbons (Fsp3) is 0.118. The SMILES string of the molecule is C=CCNc1ccc(C(=O)Nc2cc(C(=O)OC)ccc2Cl)nc1. The molecular weight excluding hydrogens is 330 g/mol. The van der Waals surface area contributed by atoms with Crippen LogP contribution in [0.1, 0.15) is 20.8 Å². The Hall–Kier alpha value is -2.86. The molecular formula is C17H16ClN3O3. The van der Waals surface area contributed by atoms with E-state index >= 15 is 0 Å². The largest absolute Gasteiger partial charge is 0.465 e. The van der Waals surface area contributed by atoms with Gasteiger partial charge in [0.25, 0.3) is 5.91 Å². The molecule has 1 aromatic carbocycles. The van der Waals surface area contributed by atoms with Gasteiger partial charge >= 0.3 is 5.97 Å². The molecule has 0 saturated heterocycles. The third kappa shape index (κ3) is 4.33. The maximum Gasteiger partial charge on any atom is 0.337 e. The van der Waals surface area contributed by atoms with E-state index in [4.69, 9.17) is 11.6 Å². The molecule has 0 radical (unpaired) electrons. The Morgan fingerprint density at radius 1 is 1.33 bits per heavy atom. The number of amides is 1. The number of carbonyl (C=O) groups is 2. The minimum Gasteiger partial charge on any atom is -0.465 e. The second-order valence-electron chi connectivity index (χ2n) is 4.74. The van der Waals surface area contributed by atoms with Crippen molar-refractivity contribution in [3.63, 3.8) is 0 Å². The van der Waals surface area contributed by atoms with Crippen LogP contribution in [0.5, 0.6) is 0 Å². The average molecular weight is 346 g/mol. The number of hydrogen-bond donors (Lipinski definition) is 2. The molecule has 0 bridgehead atoms. The normalized spacial score (nSPS) is 9.92. The molecule has 6 nitrogen and oxygen atoms in total. The van der Waals surface area contributed by atoms with E-state index in [0.717, 1.165) is 5.69 Å². The highest BCUT2D eigenvalue weighted by molar-refractivity contribution is 6.34. The first-order chi connectivity index (χ1) is 11.5. The van der Waals surface area contributed by atoms with Crippen molar-refractivity contribution in [2.45, 2.75) is 0 Å². The van der Waals surface area contributed by atoms with Crippen molar-refractivity contribution in [2.75, 3.05) is 24.3 Å². The predicted molar refractivity (Wildman–Crippen MR) is 93.7 cm³/mol. The van der Waals surface area contributed by atoms with Gasteiger partial charge in [0, 0.05) is 6.54 Å². The molecule has 0 aliphatic carbocycles. The molecule has 7 heteroatoms. The number of carbonyl (C=O) groups excluding carboxylic acids is 2. The summed E-state index contributed by atoms with van der Waals surface area (Å²) in [7, 11) is 1.28. The van der Waals surface area contributed by atoms with Crippen LogP contribution >= 0.6 is 11.6 Å². The molecule has 0 unspecified atom stereocenters. The Labute approximate surface area is 144 Å². The van der Waals surface area contributed by atoms with Gasteiger partial charge in [-0.05, 0) is 30.3 Å². The lowest BCUT2D eigenvalue weighted by Crippen LogP contribution is -2.14. The van der Waals surface area contributed by atoms with Gasteiger partial charge in [0.1, 0.15) is 5.69 Å². The van der Waals surface area contributed by atoms with E-state index in [-0.39, 0.29) is 11.3 Å². The Kier molecular flexibility index (Phi) is 5.92. The predicted octanol–water partition coefficient (Wildman–Crippen LogP) is 3.37. The number of benzene rings is 1. The van der Waals surface area contributed by atoms with Gasteiger partial charge in [0.05, 0.1) is 35.3 Å². The lowest BCUT2D eigenvalue weighted by atomic mass is 10.2. The highest BCUT2D eigenvalue weighted by Gasteiger charge is 2.13. The van der Waals surface area contributed by atoms with E-state index < -0.39 is 11.9 Å². The quantitative estimate of drug-likeness (QED) is 0.619. The second-order valence-corrected chi connectivity index (χ2v) is 5.15. The summed E-state index contributed by atoms with van der Waals surface area (Å²) in [5.74, 6) is -0.952. The number of esters is 1. The van der Waals surface area contributed by atoms with Gasteiger partial charge in [0.2, 0.25) is 0 Å². The van der Waals surface area contributed by atoms with Crippen LogP contribution < -0.4 is 10.6 Å². The molecule has 2 rings (SSSR count). The van der Waals surface area contributed by atoms with E-state index in [1.54, 1.807) is 24.4 Å². The van der Waals surface area contributed by atoms with E-state index in [1.807, 2.05) is 0 Å². The summed E-state index contributed by atoms with van der Waals surface area (Å²) in [6, 6.07) is 7.80. The van der Waals surface area contributed by atoms with Crippen molar-refractivity contribution in [3.8, 4) is 0 Å². The monoisotopic (exact) mass is 345 g/mol. The smallest absolute Gasteiger partial charge is 0.337 e. The first-order valence-corrected chi connectivity index (χ1v) is 7.43. The van der Waals surface area contributed by atoms with Gasteiger partial charge in [0.15, 0.2) is 0 Å². The average Bonchev–Trinajstić information content (AvgIpc) is 2.61. The number of anilines is 2. The second kappa shape index (κ2) is 8.12. The van der Waals surface area contributed by atoms with Crippen molar-refractivity contribution in [1.29, 1.82) is 0 Å². The van der Waals surface area contributed by atoms with Gasteiger partial charge in [-0.1, -0.05) is 17.7 Å². The first kappa shape index (κ1) is 17.5. The molecule has 0 saturated carbocycles. The molecule has 0 fully saturated rings. The van der Waals surface area contributed by atoms with E-state index in [2.05, 4.69) is 26.9 Å². The molecule has 0 spiro atoms. The third-order valence-electron chi connectivity index (χ3n) is 3.08. The third-order valence-corrected chi connectivity index (χ3v) is 3.41. The Bertz CT molecular complexity index is 760. The van der Waals surface area contributed by atoms with Crippen LogP contribution in [0.2, 0.25) is 5.02 Å². The van der Waals surface area contributed by atoms with Crippen molar-refractivity contribution in [1.82, 2.24) is 4.98 Å². The van der Waals surface area contributed by atoms with Gasteiger partial charge in [-0.25, -0.2) is 9.78 Å². The van der Waals surface area contributed by atoms with Crippen LogP contribution in [0.3, 0.4) is 0 Å². The van der Waals surface area contributed by atoms with Crippen LogP contribution in [0.15, 0.2) is 49.2 Å². The topological polar surface area (TPSA) is 80.3 Å². The summed E-state index contributed by atoms with van der Waals surface area (Å²) in [6.45, 7) is 4.21. The van der Waals surface area contributed by atoms with Gasteiger partial charge in [-0.3, -0.25) is 4.79 Å². The number of nitrogens with one attached hydrogen (secondary N) is 2. The van der Waals surface area contributed by atoms with Crippen LogP contribution in [0, 0.1) is 0 Å². The summed E-state index contributed by atoms with van der Waals surface area (Å²) >= 11 is 6.05. The summed E-state index contributed by atoms with van der Waals surface area (Å²) < 4.78 is 4.65. The molecule has 24 heavy (non-hydrogen) atoms. The lowest BCUT2D eigenvalue weighted by Gasteiger charge is -2.09. The minimum atomic E-state index is -0.516. The molecule has 1 heterocycles. The lowest BCUT2D eigenvalue weighted by molar-refractivity contribution is 0.0600. The number of methoxy groups -OCH3 is 1. The van der Waals surface area contributed by atoms with Gasteiger partial charge in [-0.15, -0.1) is 6.58 Å². The zero-order chi connectivity index (χ0) is 17.5. The molecule has 0 atom stereocenters. The highest BCUT2D eigenvalue weighted by atomic mass is 35.5. The highest BCUT2D eigenvalue weighted by Crippen LogP contribution is 2.24. The summed E-state index contributed by atoms with van der Waals surface area (Å²) in [5, 5.41) is 6.00. The number of halogens is 1. The number of rotatable bonds is 6. The molecule has 124 valence electrons. The molecule has 0 aliphatic heterocycles. The van der Waals surface area contributed by atoms with E-state index in [1.165, 1.54) is 25.3 Å². The number of ether oxygens (including phenoxy) is 1. The maximum atomic E-state index is 12.3. The zero-order valence-electron chi connectivity index (χ0n) is 13.0. The summed E-state index contributed by atoms with van der Waals surface area (Å²) in [5.41, 5.74) is 1.59. The summed E-state index contributed by atoms with van der Waals surface area (Å²) in [6.07, 6.45) is 3.27. The van der Waals surface area contributed by atoms with Crippen molar-refractivity contribution in [2.24, 2.45) is 0 Å². The van der Waals surface area contributed by atoms with Crippen LogP contribution in [0.4, 0.5) is 11.4 Å². The standard InChI is InChI=1S/C17H16ClN3O3/c1-3-8-19-12-5-7-14(20-10-12)16(22)21-15-9-11(17(23)24-2)4-6-13(15)18/h3-7,9-10,19H,1,8H2,2H3,(H,21,22). The van der Waals surface area contributed by atoms with Crippen molar-refractivity contribution >= 4 is 34.9 Å².